The van der Waals surface area contributed by atoms with E-state index in [0.717, 1.165) is 17.0 Å². The lowest BCUT2D eigenvalue weighted by molar-refractivity contribution is 0.0955. The van der Waals surface area contributed by atoms with Crippen LogP contribution in [-0.4, -0.2) is 34.1 Å². The van der Waals surface area contributed by atoms with Crippen LogP contribution >= 0.6 is 0 Å². The van der Waals surface area contributed by atoms with Crippen LogP contribution in [0.2, 0.25) is 0 Å². The van der Waals surface area contributed by atoms with E-state index in [-0.39, 0.29) is 11.7 Å². The first-order valence-corrected chi connectivity index (χ1v) is 8.77. The maximum atomic E-state index is 12.4. The van der Waals surface area contributed by atoms with Crippen molar-refractivity contribution in [3.63, 3.8) is 0 Å². The van der Waals surface area contributed by atoms with Gasteiger partial charge in [-0.1, -0.05) is 18.2 Å². The molecule has 0 saturated carbocycles. The summed E-state index contributed by atoms with van der Waals surface area (Å²) in [4.78, 5) is 12.4. The molecule has 0 atom stereocenters. The van der Waals surface area contributed by atoms with Gasteiger partial charge in [-0.3, -0.25) is 9.48 Å². The lowest BCUT2D eigenvalue weighted by atomic mass is 10.1. The number of nitrogens with one attached hydrogen (secondary N) is 1. The summed E-state index contributed by atoms with van der Waals surface area (Å²) in [5.41, 5.74) is 6.40. The fourth-order valence-electron chi connectivity index (χ4n) is 2.85. The molecule has 1 aromatic heterocycles. The van der Waals surface area contributed by atoms with Gasteiger partial charge in [-0.25, -0.2) is 5.43 Å². The maximum absolute atomic E-state index is 12.4. The Morgan fingerprint density at radius 2 is 2.04 bits per heavy atom. The Labute approximate surface area is 163 Å². The van der Waals surface area contributed by atoms with Crippen molar-refractivity contribution in [3.8, 4) is 11.5 Å². The summed E-state index contributed by atoms with van der Waals surface area (Å²) in [6, 6.07) is 14.4. The van der Waals surface area contributed by atoms with Gasteiger partial charge in [0.25, 0.3) is 5.91 Å². The second-order valence-electron chi connectivity index (χ2n) is 6.38. The molecular formula is C21H22N4O3. The van der Waals surface area contributed by atoms with Gasteiger partial charge in [0.1, 0.15) is 0 Å². The third-order valence-corrected chi connectivity index (χ3v) is 4.24. The van der Waals surface area contributed by atoms with Gasteiger partial charge in [-0.05, 0) is 49.7 Å². The molecule has 0 unspecified atom stereocenters. The molecule has 28 heavy (non-hydrogen) atoms. The van der Waals surface area contributed by atoms with Gasteiger partial charge in [0.2, 0.25) is 0 Å². The number of hydrogen-bond donors (Lipinski definition) is 2. The third kappa shape index (κ3) is 4.37. The average Bonchev–Trinajstić information content (AvgIpc) is 3.00. The number of benzene rings is 2. The first-order chi connectivity index (χ1) is 13.5. The molecule has 1 amide bonds. The summed E-state index contributed by atoms with van der Waals surface area (Å²) in [5.74, 6) is -0.0316. The number of hydrogen-bond acceptors (Lipinski definition) is 5. The van der Waals surface area contributed by atoms with Crippen LogP contribution in [0.4, 0.5) is 0 Å². The fourth-order valence-corrected chi connectivity index (χ4v) is 2.85. The molecule has 0 aliphatic carbocycles. The number of hydrazone groups is 1. The van der Waals surface area contributed by atoms with Crippen molar-refractivity contribution in [2.75, 3.05) is 7.11 Å². The third-order valence-electron chi connectivity index (χ3n) is 4.24. The van der Waals surface area contributed by atoms with Crippen molar-refractivity contribution in [2.45, 2.75) is 20.4 Å². The Balaban J connectivity index is 1.69. The summed E-state index contributed by atoms with van der Waals surface area (Å²) >= 11 is 0. The van der Waals surface area contributed by atoms with Crippen LogP contribution in [-0.2, 0) is 6.54 Å². The van der Waals surface area contributed by atoms with Gasteiger partial charge >= 0.3 is 0 Å². The predicted octanol–water partition coefficient (Wildman–Crippen LogP) is 3.03. The summed E-state index contributed by atoms with van der Waals surface area (Å²) in [7, 11) is 1.47. The van der Waals surface area contributed by atoms with Crippen LogP contribution in [0, 0.1) is 13.8 Å². The minimum absolute atomic E-state index is 0.0325. The Bertz CT molecular complexity index is 1020. The van der Waals surface area contributed by atoms with Gasteiger partial charge in [0.15, 0.2) is 11.5 Å². The van der Waals surface area contributed by atoms with Crippen molar-refractivity contribution in [3.05, 3.63) is 76.6 Å². The molecule has 2 aromatic carbocycles. The van der Waals surface area contributed by atoms with E-state index in [2.05, 4.69) is 15.6 Å². The van der Waals surface area contributed by atoms with E-state index in [1.165, 1.54) is 13.3 Å². The molecule has 0 aliphatic rings. The number of rotatable bonds is 6. The number of aromatic nitrogens is 2. The number of phenolic OH excluding ortho intramolecular Hbond substituents is 1. The Hall–Kier alpha value is -3.61. The topological polar surface area (TPSA) is 88.7 Å². The standard InChI is InChI=1S/C21H22N4O3/c1-14-10-15(2)25(24-14)13-16-6-4-7-17(11-16)21(27)23-22-12-18-8-5-9-19(28-3)20(18)26/h4-12,26H,13H2,1-3H3,(H,23,27)/b22-12-. The first kappa shape index (κ1) is 19.2. The Morgan fingerprint density at radius 1 is 1.25 bits per heavy atom. The number of phenols is 1. The summed E-state index contributed by atoms with van der Waals surface area (Å²) < 4.78 is 6.95. The van der Waals surface area contributed by atoms with Crippen LogP contribution in [0.15, 0.2) is 53.6 Å². The number of aromatic hydroxyl groups is 1. The second-order valence-corrected chi connectivity index (χ2v) is 6.38. The number of methoxy groups -OCH3 is 1. The molecule has 2 N–H and O–H groups in total. The number of nitrogens with zero attached hydrogens (tertiary/aromatic N) is 3. The van der Waals surface area contributed by atoms with E-state index >= 15 is 0 Å². The molecule has 0 aliphatic heterocycles. The summed E-state index contributed by atoms with van der Waals surface area (Å²) in [5, 5.41) is 18.4. The predicted molar refractivity (Wildman–Crippen MR) is 107 cm³/mol. The van der Waals surface area contributed by atoms with Gasteiger partial charge in [-0.2, -0.15) is 10.2 Å². The van der Waals surface area contributed by atoms with E-state index in [4.69, 9.17) is 4.74 Å². The van der Waals surface area contributed by atoms with E-state index in [9.17, 15) is 9.90 Å². The van der Waals surface area contributed by atoms with Crippen LogP contribution < -0.4 is 10.2 Å². The molecule has 144 valence electrons. The molecule has 7 heteroatoms. The van der Waals surface area contributed by atoms with Gasteiger partial charge in [0.05, 0.1) is 25.6 Å². The smallest absolute Gasteiger partial charge is 0.271 e. The highest BCUT2D eigenvalue weighted by atomic mass is 16.5. The molecule has 1 heterocycles. The monoisotopic (exact) mass is 378 g/mol. The zero-order chi connectivity index (χ0) is 20.1. The van der Waals surface area contributed by atoms with Gasteiger partial charge in [-0.15, -0.1) is 0 Å². The molecule has 0 saturated heterocycles. The summed E-state index contributed by atoms with van der Waals surface area (Å²) in [6.45, 7) is 4.53. The van der Waals surface area contributed by atoms with Crippen LogP contribution in [0.5, 0.6) is 11.5 Å². The highest BCUT2D eigenvalue weighted by Crippen LogP contribution is 2.27. The SMILES string of the molecule is COc1cccc(/C=N\NC(=O)c2cccc(Cn3nc(C)cc3C)c2)c1O. The van der Waals surface area contributed by atoms with E-state index in [0.29, 0.717) is 23.4 Å². The largest absolute Gasteiger partial charge is 0.504 e. The van der Waals surface area contributed by atoms with Gasteiger partial charge in [0, 0.05) is 16.8 Å². The molecule has 0 spiro atoms. The minimum atomic E-state index is -0.339. The average molecular weight is 378 g/mol. The lowest BCUT2D eigenvalue weighted by Gasteiger charge is -2.07. The van der Waals surface area contributed by atoms with Crippen molar-refractivity contribution in [2.24, 2.45) is 5.10 Å². The molecular weight excluding hydrogens is 356 g/mol. The number of aryl methyl sites for hydroxylation is 2. The van der Waals surface area contributed by atoms with Crippen molar-refractivity contribution in [1.82, 2.24) is 15.2 Å². The lowest BCUT2D eigenvalue weighted by Crippen LogP contribution is -2.18. The molecule has 0 bridgehead atoms. The number of carbonyl (C=O) groups excluding carboxylic acids is 1. The molecule has 3 rings (SSSR count). The van der Waals surface area contributed by atoms with E-state index in [1.54, 1.807) is 24.3 Å². The zero-order valence-electron chi connectivity index (χ0n) is 16.0. The normalized spacial score (nSPS) is 11.0. The van der Waals surface area contributed by atoms with Crippen molar-refractivity contribution >= 4 is 12.1 Å². The first-order valence-electron chi connectivity index (χ1n) is 8.77. The van der Waals surface area contributed by atoms with Crippen LogP contribution in [0.1, 0.15) is 32.9 Å². The molecule has 3 aromatic rings. The van der Waals surface area contributed by atoms with Crippen LogP contribution in [0.3, 0.4) is 0 Å². The quantitative estimate of drug-likeness (QED) is 0.510. The minimum Gasteiger partial charge on any atom is -0.504 e. The molecule has 0 fully saturated rings. The number of amides is 1. The van der Waals surface area contributed by atoms with Crippen molar-refractivity contribution < 1.29 is 14.6 Å². The van der Waals surface area contributed by atoms with E-state index in [1.807, 2.05) is 42.8 Å². The number of para-hydroxylation sites is 1. The fraction of sp³-hybridized carbons (Fsp3) is 0.190. The maximum Gasteiger partial charge on any atom is 0.271 e. The Morgan fingerprint density at radius 3 is 2.75 bits per heavy atom. The highest BCUT2D eigenvalue weighted by Gasteiger charge is 2.08. The zero-order valence-corrected chi connectivity index (χ0v) is 16.0. The second kappa shape index (κ2) is 8.39. The van der Waals surface area contributed by atoms with Crippen LogP contribution in [0.25, 0.3) is 0 Å². The number of carbonyl (C=O) groups is 1. The summed E-state index contributed by atoms with van der Waals surface area (Å²) in [6.07, 6.45) is 1.37. The molecule has 7 nitrogen and oxygen atoms in total. The Kier molecular flexibility index (Phi) is 5.74. The highest BCUT2D eigenvalue weighted by molar-refractivity contribution is 5.95. The van der Waals surface area contributed by atoms with Gasteiger partial charge < -0.3 is 9.84 Å². The molecule has 0 radical (unpaired) electrons. The number of ether oxygens (including phenoxy) is 1. The van der Waals surface area contributed by atoms with E-state index < -0.39 is 0 Å². The van der Waals surface area contributed by atoms with Crippen molar-refractivity contribution in [1.29, 1.82) is 0 Å².